The second kappa shape index (κ2) is 6.75. The van der Waals surface area contributed by atoms with E-state index in [1.54, 1.807) is 18.3 Å². The third-order valence-corrected chi connectivity index (χ3v) is 3.09. The van der Waals surface area contributed by atoms with Crippen molar-refractivity contribution in [2.45, 2.75) is 6.54 Å². The molecule has 0 aliphatic heterocycles. The zero-order valence-corrected chi connectivity index (χ0v) is 12.3. The van der Waals surface area contributed by atoms with Gasteiger partial charge in [0.15, 0.2) is 5.82 Å². The van der Waals surface area contributed by atoms with Gasteiger partial charge in [0.2, 0.25) is 5.95 Å². The van der Waals surface area contributed by atoms with E-state index in [-0.39, 0.29) is 24.9 Å². The molecule has 2 rings (SSSR count). The Morgan fingerprint density at radius 2 is 2.14 bits per heavy atom. The van der Waals surface area contributed by atoms with E-state index in [9.17, 15) is 9.36 Å². The fraction of sp³-hybridized carbons (Fsp3) is 0.273. The third-order valence-electron chi connectivity index (χ3n) is 2.57. The standard InChI is InChI=1S/C11H14N5O5P/c12-10-14-9(8-2-1-3-13-6-8)15-11(17)16(10)4-5-21-7-22(18,19)20/h1-3,6H,4-5,7H2,(H2,18,19,20)(H2,12,14,15,17). The van der Waals surface area contributed by atoms with Gasteiger partial charge < -0.3 is 20.3 Å². The van der Waals surface area contributed by atoms with E-state index in [4.69, 9.17) is 20.3 Å². The number of nitrogen functional groups attached to an aromatic ring is 1. The van der Waals surface area contributed by atoms with E-state index in [1.165, 1.54) is 6.20 Å². The van der Waals surface area contributed by atoms with Crippen LogP contribution in [0, 0.1) is 0 Å². The van der Waals surface area contributed by atoms with Crippen LogP contribution in [0.3, 0.4) is 0 Å². The monoisotopic (exact) mass is 327 g/mol. The molecular formula is C11H14N5O5P. The Labute approximate surface area is 124 Å². The van der Waals surface area contributed by atoms with Crippen molar-refractivity contribution in [1.29, 1.82) is 0 Å². The van der Waals surface area contributed by atoms with Crippen molar-refractivity contribution in [2.75, 3.05) is 18.7 Å². The van der Waals surface area contributed by atoms with E-state index in [1.807, 2.05) is 0 Å². The number of aromatic nitrogens is 4. The summed E-state index contributed by atoms with van der Waals surface area (Å²) in [7, 11) is -4.24. The van der Waals surface area contributed by atoms with E-state index in [0.29, 0.717) is 5.56 Å². The van der Waals surface area contributed by atoms with Gasteiger partial charge in [0.05, 0.1) is 13.2 Å². The lowest BCUT2D eigenvalue weighted by atomic mass is 10.3. The van der Waals surface area contributed by atoms with Gasteiger partial charge in [-0.2, -0.15) is 9.97 Å². The Morgan fingerprint density at radius 1 is 1.36 bits per heavy atom. The Morgan fingerprint density at radius 3 is 2.73 bits per heavy atom. The lowest BCUT2D eigenvalue weighted by Gasteiger charge is -2.10. The minimum atomic E-state index is -4.24. The maximum absolute atomic E-state index is 11.9. The quantitative estimate of drug-likeness (QED) is 0.467. The van der Waals surface area contributed by atoms with Gasteiger partial charge in [-0.1, -0.05) is 0 Å². The number of hydrogen-bond donors (Lipinski definition) is 3. The van der Waals surface area contributed by atoms with Crippen LogP contribution in [0.25, 0.3) is 11.4 Å². The maximum Gasteiger partial charge on any atom is 0.352 e. The molecule has 0 radical (unpaired) electrons. The fourth-order valence-corrected chi connectivity index (χ4v) is 1.98. The lowest BCUT2D eigenvalue weighted by molar-refractivity contribution is 0.148. The molecule has 4 N–H and O–H groups in total. The first-order valence-corrected chi connectivity index (χ1v) is 7.93. The second-order valence-electron chi connectivity index (χ2n) is 4.28. The molecule has 0 amide bonds. The zero-order valence-electron chi connectivity index (χ0n) is 11.4. The van der Waals surface area contributed by atoms with Crippen LogP contribution in [-0.2, 0) is 15.8 Å². The number of hydrogen-bond acceptors (Lipinski definition) is 7. The van der Waals surface area contributed by atoms with Gasteiger partial charge in [0.25, 0.3) is 0 Å². The lowest BCUT2D eigenvalue weighted by Crippen LogP contribution is -2.29. The van der Waals surface area contributed by atoms with Crippen LogP contribution in [0.15, 0.2) is 29.3 Å². The molecule has 0 atom stereocenters. The first kappa shape index (κ1) is 16.2. The molecule has 0 saturated carbocycles. The van der Waals surface area contributed by atoms with E-state index < -0.39 is 19.6 Å². The molecule has 0 aromatic carbocycles. The molecule has 2 aromatic rings. The van der Waals surface area contributed by atoms with Crippen LogP contribution in [0.1, 0.15) is 0 Å². The molecular weight excluding hydrogens is 313 g/mol. The molecule has 0 unspecified atom stereocenters. The molecule has 0 fully saturated rings. The Kier molecular flexibility index (Phi) is 4.99. The van der Waals surface area contributed by atoms with Crippen molar-refractivity contribution in [2.24, 2.45) is 0 Å². The highest BCUT2D eigenvalue weighted by Gasteiger charge is 2.13. The van der Waals surface area contributed by atoms with E-state index >= 15 is 0 Å². The van der Waals surface area contributed by atoms with Crippen molar-refractivity contribution in [3.8, 4) is 11.4 Å². The zero-order chi connectivity index (χ0) is 16.2. The largest absolute Gasteiger partial charge is 0.369 e. The van der Waals surface area contributed by atoms with Crippen molar-refractivity contribution < 1.29 is 19.1 Å². The van der Waals surface area contributed by atoms with Crippen LogP contribution in [-0.4, -0.2) is 42.3 Å². The summed E-state index contributed by atoms with van der Waals surface area (Å²) in [6, 6.07) is 3.37. The second-order valence-corrected chi connectivity index (χ2v) is 5.87. The van der Waals surface area contributed by atoms with Gasteiger partial charge in [-0.15, -0.1) is 0 Å². The Balaban J connectivity index is 2.11. The minimum absolute atomic E-state index is 0.0159. The van der Waals surface area contributed by atoms with Gasteiger partial charge in [-0.25, -0.2) is 4.79 Å². The fourth-order valence-electron chi connectivity index (χ4n) is 1.62. The normalized spacial score (nSPS) is 11.5. The summed E-state index contributed by atoms with van der Waals surface area (Å²) in [5, 5.41) is 0. The first-order valence-electron chi connectivity index (χ1n) is 6.14. The van der Waals surface area contributed by atoms with Crippen molar-refractivity contribution in [3.05, 3.63) is 35.0 Å². The molecule has 10 nitrogen and oxygen atoms in total. The SMILES string of the molecule is Nc1nc(-c2cccnc2)nc(=O)n1CCOCP(=O)(O)O. The van der Waals surface area contributed by atoms with Crippen LogP contribution in [0.4, 0.5) is 5.95 Å². The molecule has 0 aliphatic rings. The minimum Gasteiger partial charge on any atom is -0.369 e. The third kappa shape index (κ3) is 4.43. The molecule has 22 heavy (non-hydrogen) atoms. The van der Waals surface area contributed by atoms with E-state index in [2.05, 4.69) is 15.0 Å². The Hall–Kier alpha value is -2.13. The summed E-state index contributed by atoms with van der Waals surface area (Å²) in [5.74, 6) is 0.0848. The summed E-state index contributed by atoms with van der Waals surface area (Å²) < 4.78 is 16.5. The molecule has 11 heteroatoms. The van der Waals surface area contributed by atoms with Crippen LogP contribution < -0.4 is 11.4 Å². The predicted octanol–water partition coefficient (Wildman–Crippen LogP) is -0.566. The number of nitrogens with two attached hydrogens (primary N) is 1. The molecule has 2 heterocycles. The summed E-state index contributed by atoms with van der Waals surface area (Å²) >= 11 is 0. The van der Waals surface area contributed by atoms with Gasteiger partial charge in [0, 0.05) is 18.0 Å². The number of ether oxygens (including phenoxy) is 1. The topological polar surface area (TPSA) is 153 Å². The summed E-state index contributed by atoms with van der Waals surface area (Å²) in [4.78, 5) is 40.9. The van der Waals surface area contributed by atoms with Crippen molar-refractivity contribution >= 4 is 13.5 Å². The van der Waals surface area contributed by atoms with E-state index in [0.717, 1.165) is 4.57 Å². The average Bonchev–Trinajstić information content (AvgIpc) is 2.45. The predicted molar refractivity (Wildman–Crippen MR) is 76.8 cm³/mol. The highest BCUT2D eigenvalue weighted by atomic mass is 31.2. The Bertz CT molecular complexity index is 744. The number of rotatable bonds is 6. The number of anilines is 1. The average molecular weight is 327 g/mol. The first-order chi connectivity index (χ1) is 10.4. The summed E-state index contributed by atoms with van der Waals surface area (Å²) in [5.41, 5.74) is 5.63. The summed E-state index contributed by atoms with van der Waals surface area (Å²) in [6.07, 6.45) is 2.35. The van der Waals surface area contributed by atoms with Gasteiger partial charge in [-0.05, 0) is 12.1 Å². The van der Waals surface area contributed by atoms with Crippen molar-refractivity contribution in [1.82, 2.24) is 19.5 Å². The van der Waals surface area contributed by atoms with Crippen LogP contribution >= 0.6 is 7.60 Å². The smallest absolute Gasteiger partial charge is 0.352 e. The van der Waals surface area contributed by atoms with Gasteiger partial charge >= 0.3 is 13.3 Å². The van der Waals surface area contributed by atoms with Crippen molar-refractivity contribution in [3.63, 3.8) is 0 Å². The molecule has 0 bridgehead atoms. The number of pyridine rings is 1. The highest BCUT2D eigenvalue weighted by molar-refractivity contribution is 7.51. The van der Waals surface area contributed by atoms with Crippen LogP contribution in [0.5, 0.6) is 0 Å². The van der Waals surface area contributed by atoms with Gasteiger partial charge in [-0.3, -0.25) is 14.1 Å². The highest BCUT2D eigenvalue weighted by Crippen LogP contribution is 2.33. The van der Waals surface area contributed by atoms with Gasteiger partial charge in [0.1, 0.15) is 6.35 Å². The van der Waals surface area contributed by atoms with Crippen LogP contribution in [0.2, 0.25) is 0 Å². The summed E-state index contributed by atoms with van der Waals surface area (Å²) in [6.45, 7) is -0.122. The molecule has 0 spiro atoms. The molecule has 118 valence electrons. The molecule has 0 saturated heterocycles. The maximum atomic E-state index is 11.9. The molecule has 0 aliphatic carbocycles. The molecule has 2 aromatic heterocycles. The number of nitrogens with zero attached hydrogens (tertiary/aromatic N) is 4.